The molecule has 0 aliphatic carbocycles. The van der Waals surface area contributed by atoms with Crippen LogP contribution < -0.4 is 10.1 Å². The Bertz CT molecular complexity index is 1200. The Hall–Kier alpha value is -3.66. The number of methoxy groups -OCH3 is 1. The van der Waals surface area contributed by atoms with Crippen LogP contribution in [-0.2, 0) is 0 Å². The first-order valence-corrected chi connectivity index (χ1v) is 9.48. The number of para-hydroxylation sites is 1. The lowest BCUT2D eigenvalue weighted by Crippen LogP contribution is -2.14. The summed E-state index contributed by atoms with van der Waals surface area (Å²) in [5.74, 6) is 0.432. The molecule has 1 aromatic heterocycles. The molecule has 0 bridgehead atoms. The zero-order valence-corrected chi connectivity index (χ0v) is 16.7. The van der Waals surface area contributed by atoms with Gasteiger partial charge < -0.3 is 10.1 Å². The summed E-state index contributed by atoms with van der Waals surface area (Å²) >= 11 is 0. The molecule has 4 rings (SSSR count). The first-order chi connectivity index (χ1) is 14.0. The number of carbonyl (C=O) groups excluding carboxylic acids is 1. The van der Waals surface area contributed by atoms with E-state index in [0.29, 0.717) is 17.0 Å². The number of rotatable bonds is 4. The second-order valence-corrected chi connectivity index (χ2v) is 7.10. The third kappa shape index (κ3) is 3.83. The minimum atomic E-state index is -0.194. The maximum Gasteiger partial charge on any atom is 0.256 e. The Balaban J connectivity index is 1.81. The molecule has 0 saturated carbocycles. The van der Waals surface area contributed by atoms with Gasteiger partial charge in [0, 0.05) is 10.9 Å². The molecule has 1 N–H and O–H groups in total. The van der Waals surface area contributed by atoms with Crippen LogP contribution in [0.4, 0.5) is 5.69 Å². The van der Waals surface area contributed by atoms with Crippen molar-refractivity contribution in [2.45, 2.75) is 13.8 Å². The molecule has 1 amide bonds. The van der Waals surface area contributed by atoms with Crippen LogP contribution >= 0.6 is 0 Å². The van der Waals surface area contributed by atoms with Crippen molar-refractivity contribution in [3.8, 4) is 17.0 Å². The number of nitrogens with one attached hydrogen (secondary N) is 1. The molecule has 3 aromatic carbocycles. The van der Waals surface area contributed by atoms with Gasteiger partial charge in [-0.2, -0.15) is 0 Å². The van der Waals surface area contributed by atoms with Crippen molar-refractivity contribution in [2.24, 2.45) is 0 Å². The van der Waals surface area contributed by atoms with Gasteiger partial charge in [-0.25, -0.2) is 4.98 Å². The highest BCUT2D eigenvalue weighted by atomic mass is 16.5. The first-order valence-electron chi connectivity index (χ1n) is 9.48. The van der Waals surface area contributed by atoms with Gasteiger partial charge in [-0.15, -0.1) is 0 Å². The monoisotopic (exact) mass is 382 g/mol. The molecule has 4 nitrogen and oxygen atoms in total. The van der Waals surface area contributed by atoms with Crippen LogP contribution in [0.3, 0.4) is 0 Å². The van der Waals surface area contributed by atoms with E-state index in [2.05, 4.69) is 5.32 Å². The van der Waals surface area contributed by atoms with Crippen LogP contribution in [0.25, 0.3) is 22.2 Å². The van der Waals surface area contributed by atoms with Crippen molar-refractivity contribution < 1.29 is 9.53 Å². The van der Waals surface area contributed by atoms with Gasteiger partial charge >= 0.3 is 0 Å². The van der Waals surface area contributed by atoms with Gasteiger partial charge in [0.1, 0.15) is 5.75 Å². The number of amides is 1. The van der Waals surface area contributed by atoms with Gasteiger partial charge in [0.25, 0.3) is 5.91 Å². The molecule has 4 heteroatoms. The Morgan fingerprint density at radius 3 is 2.38 bits per heavy atom. The highest BCUT2D eigenvalue weighted by Crippen LogP contribution is 2.29. The Labute approximate surface area is 170 Å². The van der Waals surface area contributed by atoms with E-state index in [1.54, 1.807) is 7.11 Å². The topological polar surface area (TPSA) is 51.2 Å². The SMILES string of the molecule is COc1ccc(C)cc1NC(=O)c1cc(-c2ccc(C)cc2)nc2ccccc12. The maximum atomic E-state index is 13.3. The fourth-order valence-electron chi connectivity index (χ4n) is 3.34. The number of hydrogen-bond donors (Lipinski definition) is 1. The van der Waals surface area contributed by atoms with E-state index >= 15 is 0 Å². The predicted molar refractivity (Wildman–Crippen MR) is 118 cm³/mol. The molecule has 1 heterocycles. The van der Waals surface area contributed by atoms with Gasteiger partial charge in [0.15, 0.2) is 0 Å². The van der Waals surface area contributed by atoms with Crippen LogP contribution in [-0.4, -0.2) is 18.0 Å². The highest BCUT2D eigenvalue weighted by molar-refractivity contribution is 6.13. The molecule has 0 atom stereocenters. The van der Waals surface area contributed by atoms with Crippen molar-refractivity contribution in [3.05, 3.63) is 89.5 Å². The molecule has 144 valence electrons. The van der Waals surface area contributed by atoms with Crippen molar-refractivity contribution in [1.29, 1.82) is 0 Å². The number of anilines is 1. The number of nitrogens with zero attached hydrogens (tertiary/aromatic N) is 1. The number of hydrogen-bond acceptors (Lipinski definition) is 3. The summed E-state index contributed by atoms with van der Waals surface area (Å²) in [7, 11) is 1.59. The summed E-state index contributed by atoms with van der Waals surface area (Å²) in [6, 6.07) is 23.4. The summed E-state index contributed by atoms with van der Waals surface area (Å²) < 4.78 is 5.40. The highest BCUT2D eigenvalue weighted by Gasteiger charge is 2.16. The number of aryl methyl sites for hydroxylation is 2. The van der Waals surface area contributed by atoms with Gasteiger partial charge in [0.05, 0.1) is 29.6 Å². The summed E-state index contributed by atoms with van der Waals surface area (Å²) in [5.41, 5.74) is 5.98. The van der Waals surface area contributed by atoms with E-state index < -0.39 is 0 Å². The first kappa shape index (κ1) is 18.7. The molecule has 0 fully saturated rings. The smallest absolute Gasteiger partial charge is 0.256 e. The minimum Gasteiger partial charge on any atom is -0.495 e. The van der Waals surface area contributed by atoms with Crippen LogP contribution in [0, 0.1) is 13.8 Å². The predicted octanol–water partition coefficient (Wildman–Crippen LogP) is 5.78. The zero-order valence-electron chi connectivity index (χ0n) is 16.7. The fourth-order valence-corrected chi connectivity index (χ4v) is 3.34. The number of ether oxygens (including phenoxy) is 1. The largest absolute Gasteiger partial charge is 0.495 e. The Morgan fingerprint density at radius 1 is 0.897 bits per heavy atom. The normalized spacial score (nSPS) is 10.7. The third-order valence-electron chi connectivity index (χ3n) is 4.91. The fraction of sp³-hybridized carbons (Fsp3) is 0.120. The number of pyridine rings is 1. The molecule has 0 radical (unpaired) electrons. The summed E-state index contributed by atoms with van der Waals surface area (Å²) in [5, 5.41) is 3.82. The quantitative estimate of drug-likeness (QED) is 0.487. The number of aromatic nitrogens is 1. The molecule has 29 heavy (non-hydrogen) atoms. The molecule has 0 saturated heterocycles. The van der Waals surface area contributed by atoms with Crippen molar-refractivity contribution >= 4 is 22.5 Å². The molecule has 0 unspecified atom stereocenters. The molecular formula is C25H22N2O2. The lowest BCUT2D eigenvalue weighted by molar-refractivity contribution is 0.102. The van der Waals surface area contributed by atoms with Crippen LogP contribution in [0.15, 0.2) is 72.8 Å². The standard InChI is InChI=1S/C25H22N2O2/c1-16-8-11-18(12-9-16)22-15-20(19-6-4-5-7-21(19)26-22)25(28)27-23-14-17(2)10-13-24(23)29-3/h4-15H,1-3H3,(H,27,28). The lowest BCUT2D eigenvalue weighted by Gasteiger charge is -2.13. The van der Waals surface area contributed by atoms with E-state index in [9.17, 15) is 4.79 Å². The molecule has 4 aromatic rings. The summed E-state index contributed by atoms with van der Waals surface area (Å²) in [6.07, 6.45) is 0. The number of benzene rings is 3. The zero-order chi connectivity index (χ0) is 20.4. The summed E-state index contributed by atoms with van der Waals surface area (Å²) in [4.78, 5) is 18.0. The van der Waals surface area contributed by atoms with Crippen molar-refractivity contribution in [2.75, 3.05) is 12.4 Å². The lowest BCUT2D eigenvalue weighted by atomic mass is 10.0. The van der Waals surface area contributed by atoms with Crippen molar-refractivity contribution in [1.82, 2.24) is 4.98 Å². The number of fused-ring (bicyclic) bond motifs is 1. The van der Waals surface area contributed by atoms with E-state index in [-0.39, 0.29) is 5.91 Å². The molecule has 0 aliphatic rings. The van der Waals surface area contributed by atoms with Gasteiger partial charge in [-0.05, 0) is 43.7 Å². The average Bonchev–Trinajstić information content (AvgIpc) is 2.73. The van der Waals surface area contributed by atoms with Crippen LogP contribution in [0.2, 0.25) is 0 Å². The Morgan fingerprint density at radius 2 is 1.62 bits per heavy atom. The van der Waals surface area contributed by atoms with Gasteiger partial charge in [0.2, 0.25) is 0 Å². The van der Waals surface area contributed by atoms with Crippen LogP contribution in [0.1, 0.15) is 21.5 Å². The van der Waals surface area contributed by atoms with Gasteiger partial charge in [-0.1, -0.05) is 54.1 Å². The number of carbonyl (C=O) groups is 1. The maximum absolute atomic E-state index is 13.3. The van der Waals surface area contributed by atoms with Gasteiger partial charge in [-0.3, -0.25) is 4.79 Å². The second kappa shape index (κ2) is 7.76. The van der Waals surface area contributed by atoms with E-state index in [0.717, 1.165) is 27.7 Å². The summed E-state index contributed by atoms with van der Waals surface area (Å²) in [6.45, 7) is 4.03. The average molecular weight is 382 g/mol. The molecular weight excluding hydrogens is 360 g/mol. The van der Waals surface area contributed by atoms with Crippen LogP contribution in [0.5, 0.6) is 5.75 Å². The second-order valence-electron chi connectivity index (χ2n) is 7.10. The van der Waals surface area contributed by atoms with Crippen molar-refractivity contribution in [3.63, 3.8) is 0 Å². The minimum absolute atomic E-state index is 0.194. The molecule has 0 spiro atoms. The van der Waals surface area contributed by atoms with E-state index in [4.69, 9.17) is 9.72 Å². The molecule has 0 aliphatic heterocycles. The van der Waals surface area contributed by atoms with E-state index in [1.165, 1.54) is 5.56 Å². The third-order valence-corrected chi connectivity index (χ3v) is 4.91. The van der Waals surface area contributed by atoms with E-state index in [1.807, 2.05) is 86.6 Å². The Kier molecular flexibility index (Phi) is 5.00.